The molecule has 8 aliphatic heterocycles. The summed E-state index contributed by atoms with van der Waals surface area (Å²) in [5.74, 6) is -5.34. The molecule has 5 aliphatic carbocycles. The summed E-state index contributed by atoms with van der Waals surface area (Å²) in [5, 5.41) is 200. The summed E-state index contributed by atoms with van der Waals surface area (Å²) in [7, 11) is 0. The lowest BCUT2D eigenvalue weighted by atomic mass is 9.33. The van der Waals surface area contributed by atoms with Gasteiger partial charge in [-0.2, -0.15) is 0 Å². The fourth-order valence-corrected chi connectivity index (χ4v) is 22.0. The number of carboxylic acid groups (broad SMARTS) is 1. The zero-order valence-corrected chi connectivity index (χ0v) is 68.7. The second kappa shape index (κ2) is 35.9. The Bertz CT molecular complexity index is 3620. The summed E-state index contributed by atoms with van der Waals surface area (Å²) >= 11 is 0. The number of fused-ring (bicyclic) bond motifs is 7. The molecule has 0 bridgehead atoms. The van der Waals surface area contributed by atoms with E-state index in [1.807, 2.05) is 0 Å². The number of carbonyl (C=O) groups excluding carboxylic acids is 4. The molecule has 0 aromatic rings. The third-order valence-electron chi connectivity index (χ3n) is 29.1. The number of rotatable bonds is 21. The van der Waals surface area contributed by atoms with Crippen LogP contribution in [-0.2, 0) is 109 Å². The van der Waals surface area contributed by atoms with Crippen molar-refractivity contribution in [2.45, 2.75) is 374 Å². The van der Waals surface area contributed by atoms with E-state index in [1.165, 1.54) is 20.8 Å². The van der Waals surface area contributed by atoms with E-state index in [1.54, 1.807) is 6.92 Å². The Hall–Kier alpha value is -3.99. The van der Waals surface area contributed by atoms with Crippen LogP contribution in [0.5, 0.6) is 0 Å². The first-order valence-corrected chi connectivity index (χ1v) is 41.5. The van der Waals surface area contributed by atoms with E-state index < -0.39 is 323 Å². The lowest BCUT2D eigenvalue weighted by Gasteiger charge is -2.71. The second-order valence-electron chi connectivity index (χ2n) is 37.0. The highest BCUT2D eigenvalue weighted by Crippen LogP contribution is 2.76. The summed E-state index contributed by atoms with van der Waals surface area (Å²) in [4.78, 5) is 68.6. The predicted molar refractivity (Wildman–Crippen MR) is 391 cm³/mol. The molecule has 12 fully saturated rings. The summed E-state index contributed by atoms with van der Waals surface area (Å²) in [6.07, 6.45) is -61.1. The van der Waals surface area contributed by atoms with Crippen LogP contribution >= 0.6 is 0 Å². The van der Waals surface area contributed by atoms with Gasteiger partial charge in [0.1, 0.15) is 141 Å². The Morgan fingerprint density at radius 2 is 0.950 bits per heavy atom. The van der Waals surface area contributed by atoms with Crippen LogP contribution in [0.15, 0.2) is 11.6 Å². The summed E-state index contributed by atoms with van der Waals surface area (Å²) < 4.78 is 109. The highest BCUT2D eigenvalue weighted by Gasteiger charge is 2.72. The number of hydrogen-bond donors (Lipinski definition) is 18. The average Bonchev–Trinajstić information content (AvgIpc) is 0.672. The standard InChI is InChI=1S/C79H122O41/c1-28-42(87)58(115-67-52(97)57(37(86)26-105-67)114-65-47(92)43(88)35(84)24-103-65)53(98)69(106-28)118-62-50(95)55(113-70-54(99)60(110-32(5)83)56(30(3)107-70)109-31(4)82)29(2)108-71(62)120-73(102)79-20-18-74(6,7)22-34(79)33-12-13-40-75(8)16-15-41(76(9,27-81)39(75)14-17-78(40,11)77(33,10)19-21-79)112-72-63(119-68-49(94)46(91)45(90)38(23-80)111-68)59(51(96)61(117-72)64(100)101)116-66-48(93)44(89)36(85)25-104-66/h12,27-30,34-63,65-72,80,84-99H,13-26H2,1-11H3,(H,100,101). The van der Waals surface area contributed by atoms with Crippen molar-refractivity contribution in [1.82, 2.24) is 0 Å². The van der Waals surface area contributed by atoms with E-state index in [-0.39, 0.29) is 24.2 Å². The topological polar surface area (TPSA) is 616 Å². The van der Waals surface area contributed by atoms with Crippen molar-refractivity contribution in [2.24, 2.45) is 50.2 Å². The molecular formula is C79H122O41. The minimum atomic E-state index is -2.23. The second-order valence-corrected chi connectivity index (χ2v) is 37.0. The number of esters is 3. The van der Waals surface area contributed by atoms with E-state index in [0.717, 1.165) is 25.7 Å². The molecule has 4 saturated carbocycles. The molecule has 0 amide bonds. The number of carboxylic acids is 1. The van der Waals surface area contributed by atoms with Gasteiger partial charge in [0.2, 0.25) is 6.29 Å². The maximum Gasteiger partial charge on any atom is 0.335 e. The number of ether oxygens (including phenoxy) is 18. The number of aldehydes is 1. The third-order valence-corrected chi connectivity index (χ3v) is 29.1. The van der Waals surface area contributed by atoms with Gasteiger partial charge in [0.05, 0.1) is 61.7 Å². The normalized spacial score (nSPS) is 52.8. The van der Waals surface area contributed by atoms with Crippen molar-refractivity contribution in [1.29, 1.82) is 0 Å². The Balaban J connectivity index is 0.780. The molecule has 0 aromatic heterocycles. The van der Waals surface area contributed by atoms with Crippen LogP contribution in [0.4, 0.5) is 0 Å². The van der Waals surface area contributed by atoms with Crippen LogP contribution in [0, 0.1) is 50.2 Å². The van der Waals surface area contributed by atoms with Crippen molar-refractivity contribution in [3.05, 3.63) is 11.6 Å². The molecule has 46 atom stereocenters. The predicted octanol–water partition coefficient (Wildman–Crippen LogP) is -5.33. The van der Waals surface area contributed by atoms with Crippen LogP contribution < -0.4 is 0 Å². The van der Waals surface area contributed by atoms with E-state index in [2.05, 4.69) is 40.7 Å². The zero-order chi connectivity index (χ0) is 87.6. The Morgan fingerprint density at radius 1 is 0.442 bits per heavy atom. The van der Waals surface area contributed by atoms with Gasteiger partial charge in [0.25, 0.3) is 0 Å². The molecule has 46 unspecified atom stereocenters. The summed E-state index contributed by atoms with van der Waals surface area (Å²) in [6.45, 7) is 16.4. The quantitative estimate of drug-likeness (QED) is 0.0168. The number of aliphatic hydroxyl groups is 17. The minimum absolute atomic E-state index is 0.104. The molecule has 0 aromatic carbocycles. The minimum Gasteiger partial charge on any atom is -0.479 e. The number of aliphatic carboxylic acids is 1. The van der Waals surface area contributed by atoms with Gasteiger partial charge >= 0.3 is 23.9 Å². The van der Waals surface area contributed by atoms with Crippen molar-refractivity contribution in [3.63, 3.8) is 0 Å². The van der Waals surface area contributed by atoms with Crippen molar-refractivity contribution in [2.75, 3.05) is 26.4 Å². The highest BCUT2D eigenvalue weighted by molar-refractivity contribution is 5.79. The van der Waals surface area contributed by atoms with Crippen LogP contribution in [0.1, 0.15) is 140 Å². The average molecular weight is 1730 g/mol. The molecule has 41 nitrogen and oxygen atoms in total. The van der Waals surface area contributed by atoms with E-state index in [4.69, 9.17) is 85.3 Å². The third kappa shape index (κ3) is 17.0. The number of aliphatic hydroxyl groups excluding tert-OH is 17. The molecule has 8 saturated heterocycles. The van der Waals surface area contributed by atoms with Gasteiger partial charge in [-0.15, -0.1) is 0 Å². The first-order valence-electron chi connectivity index (χ1n) is 41.5. The summed E-state index contributed by atoms with van der Waals surface area (Å²) in [6, 6.07) is 0. The van der Waals surface area contributed by atoms with Gasteiger partial charge in [-0.1, -0.05) is 53.2 Å². The Morgan fingerprint density at radius 3 is 1.56 bits per heavy atom. The monoisotopic (exact) mass is 1730 g/mol. The van der Waals surface area contributed by atoms with Gasteiger partial charge in [-0.25, -0.2) is 4.79 Å². The SMILES string of the molecule is CC(=O)OC1C(C)OC(OC2C(C)OC(OC(=O)C34CCC(C)(C)CC3C3=CCC5C6(C)CCC(OC7OC(C(=O)O)C(O)C(OC8OCC(O)C(O)C8O)C7OC7OC(CO)C(O)C(O)C7O)C(C)(C=O)C6CCC5(C)C3(C)CC4)C(OC3OC(C)C(O)C(OC4OCC(O)C(OC5OCC(O)C(O)C5O)C4O)C3O)C2O)C(O)C1OC(C)=O. The lowest BCUT2D eigenvalue weighted by molar-refractivity contribution is -0.391. The first-order chi connectivity index (χ1) is 56.3. The lowest BCUT2D eigenvalue weighted by Crippen LogP contribution is -2.69. The molecule has 41 heteroatoms. The fourth-order valence-electron chi connectivity index (χ4n) is 22.0. The van der Waals surface area contributed by atoms with Gasteiger partial charge in [0.15, 0.2) is 68.4 Å². The zero-order valence-electron chi connectivity index (χ0n) is 68.7. The molecule has 8 heterocycles. The van der Waals surface area contributed by atoms with Crippen LogP contribution in [-0.4, -0.2) is 382 Å². The Labute approximate surface area is 691 Å². The summed E-state index contributed by atoms with van der Waals surface area (Å²) in [5.41, 5.74) is -4.02. The Kier molecular flexibility index (Phi) is 28.0. The van der Waals surface area contributed by atoms with E-state index >= 15 is 4.79 Å². The molecule has 684 valence electrons. The van der Waals surface area contributed by atoms with Crippen molar-refractivity contribution in [3.8, 4) is 0 Å². The largest absolute Gasteiger partial charge is 0.479 e. The molecule has 18 N–H and O–H groups in total. The molecule has 13 rings (SSSR count). The van der Waals surface area contributed by atoms with E-state index in [0.29, 0.717) is 51.4 Å². The number of allylic oxidation sites excluding steroid dienone is 2. The smallest absolute Gasteiger partial charge is 0.335 e. The van der Waals surface area contributed by atoms with E-state index in [9.17, 15) is 111 Å². The molecule has 120 heavy (non-hydrogen) atoms. The fraction of sp³-hybridized carbons (Fsp3) is 0.911. The molecular weight excluding hydrogens is 1600 g/mol. The van der Waals surface area contributed by atoms with Gasteiger partial charge in [-0.05, 0) is 124 Å². The highest BCUT2D eigenvalue weighted by atomic mass is 16.8. The molecule has 0 radical (unpaired) electrons. The van der Waals surface area contributed by atoms with Crippen LogP contribution in [0.3, 0.4) is 0 Å². The maximum atomic E-state index is 16.3. The van der Waals surface area contributed by atoms with Gasteiger partial charge < -0.3 is 182 Å². The molecule has 0 spiro atoms. The number of carbonyl (C=O) groups is 5. The van der Waals surface area contributed by atoms with Crippen molar-refractivity contribution >= 4 is 30.2 Å². The van der Waals surface area contributed by atoms with Gasteiger partial charge in [0, 0.05) is 13.8 Å². The first kappa shape index (κ1) is 93.6. The maximum absolute atomic E-state index is 16.3. The number of hydrogen-bond acceptors (Lipinski definition) is 40. The van der Waals surface area contributed by atoms with Crippen LogP contribution in [0.2, 0.25) is 0 Å². The van der Waals surface area contributed by atoms with Gasteiger partial charge in [-0.3, -0.25) is 14.4 Å². The molecule has 13 aliphatic rings. The van der Waals surface area contributed by atoms with Crippen LogP contribution in [0.25, 0.3) is 0 Å². The van der Waals surface area contributed by atoms with Crippen molar-refractivity contribution < 1.29 is 201 Å².